The lowest BCUT2D eigenvalue weighted by molar-refractivity contribution is 0.621. The number of hydrogen-bond acceptors (Lipinski definition) is 1. The summed E-state index contributed by atoms with van der Waals surface area (Å²) in [5.41, 5.74) is 2.04. The zero-order valence-electron chi connectivity index (χ0n) is 9.86. The number of hydrogen-bond donors (Lipinski definition) is 1. The quantitative estimate of drug-likeness (QED) is 0.819. The zero-order valence-corrected chi connectivity index (χ0v) is 9.86. The van der Waals surface area contributed by atoms with E-state index in [2.05, 4.69) is 12.2 Å². The Balaban J connectivity index is 2.17. The van der Waals surface area contributed by atoms with E-state index in [4.69, 9.17) is 0 Å². The summed E-state index contributed by atoms with van der Waals surface area (Å²) in [4.78, 5) is 0. The molecule has 0 bridgehead atoms. The van der Waals surface area contributed by atoms with Gasteiger partial charge in [0.05, 0.1) is 6.04 Å². The van der Waals surface area contributed by atoms with Gasteiger partial charge >= 0.3 is 0 Å². The second-order valence-electron chi connectivity index (χ2n) is 4.03. The third kappa shape index (κ3) is 3.06. The van der Waals surface area contributed by atoms with E-state index < -0.39 is 0 Å². The van der Waals surface area contributed by atoms with Gasteiger partial charge in [-0.05, 0) is 36.2 Å². The third-order valence-corrected chi connectivity index (χ3v) is 2.77. The lowest BCUT2D eigenvalue weighted by atomic mass is 10.0. The lowest BCUT2D eigenvalue weighted by Crippen LogP contribution is -2.09. The molecule has 0 radical (unpaired) electrons. The summed E-state index contributed by atoms with van der Waals surface area (Å²) in [6, 6.07) is 16.9. The smallest absolute Gasteiger partial charge is 0.123 e. The molecule has 17 heavy (non-hydrogen) atoms. The van der Waals surface area contributed by atoms with E-state index in [9.17, 15) is 4.39 Å². The van der Waals surface area contributed by atoms with Gasteiger partial charge in [-0.25, -0.2) is 4.39 Å². The van der Waals surface area contributed by atoms with Crippen LogP contribution in [0.25, 0.3) is 0 Å². The highest BCUT2D eigenvalue weighted by atomic mass is 19.1. The minimum absolute atomic E-state index is 0.146. The van der Waals surface area contributed by atoms with Crippen molar-refractivity contribution < 1.29 is 4.39 Å². The van der Waals surface area contributed by atoms with Gasteiger partial charge in [-0.3, -0.25) is 0 Å². The van der Waals surface area contributed by atoms with Crippen molar-refractivity contribution in [3.63, 3.8) is 0 Å². The van der Waals surface area contributed by atoms with Gasteiger partial charge < -0.3 is 5.32 Å². The monoisotopic (exact) mass is 229 g/mol. The fraction of sp³-hybridized carbons (Fsp3) is 0.200. The molecular weight excluding hydrogens is 213 g/mol. The van der Waals surface area contributed by atoms with Crippen LogP contribution in [0.15, 0.2) is 54.6 Å². The Morgan fingerprint density at radius 3 is 2.47 bits per heavy atom. The van der Waals surface area contributed by atoms with Crippen LogP contribution in [0, 0.1) is 5.82 Å². The molecule has 0 fully saturated rings. The van der Waals surface area contributed by atoms with Crippen molar-refractivity contribution >= 4 is 5.69 Å². The molecule has 0 heterocycles. The number of rotatable bonds is 4. The van der Waals surface area contributed by atoms with E-state index in [1.807, 2.05) is 36.4 Å². The summed E-state index contributed by atoms with van der Waals surface area (Å²) < 4.78 is 13.2. The van der Waals surface area contributed by atoms with Crippen molar-refractivity contribution in [2.75, 3.05) is 5.32 Å². The maximum absolute atomic E-state index is 13.2. The van der Waals surface area contributed by atoms with Crippen LogP contribution >= 0.6 is 0 Å². The Morgan fingerprint density at radius 1 is 1.06 bits per heavy atom. The second-order valence-corrected chi connectivity index (χ2v) is 4.03. The normalized spacial score (nSPS) is 12.1. The molecule has 0 amide bonds. The van der Waals surface area contributed by atoms with Gasteiger partial charge in [0.15, 0.2) is 0 Å². The second kappa shape index (κ2) is 5.48. The standard InChI is InChI=1S/C15H16FN/c1-2-15(12-7-6-8-13(16)11-12)17-14-9-4-3-5-10-14/h3-11,15,17H,2H2,1H3. The van der Waals surface area contributed by atoms with Crippen molar-refractivity contribution in [2.45, 2.75) is 19.4 Å². The van der Waals surface area contributed by atoms with Gasteiger partial charge in [-0.15, -0.1) is 0 Å². The highest BCUT2D eigenvalue weighted by Gasteiger charge is 2.09. The summed E-state index contributed by atoms with van der Waals surface area (Å²) in [5, 5.41) is 3.41. The molecule has 2 aromatic carbocycles. The molecule has 0 aliphatic carbocycles. The molecule has 0 saturated heterocycles. The van der Waals surface area contributed by atoms with Crippen molar-refractivity contribution in [1.82, 2.24) is 0 Å². The molecule has 1 N–H and O–H groups in total. The molecule has 2 heteroatoms. The first kappa shape index (κ1) is 11.6. The number of para-hydroxylation sites is 1. The molecule has 0 spiro atoms. The predicted molar refractivity (Wildman–Crippen MR) is 69.5 cm³/mol. The van der Waals surface area contributed by atoms with Crippen molar-refractivity contribution in [3.8, 4) is 0 Å². The number of halogens is 1. The van der Waals surface area contributed by atoms with E-state index in [0.717, 1.165) is 17.7 Å². The van der Waals surface area contributed by atoms with Crippen LogP contribution in [0.4, 0.5) is 10.1 Å². The average Bonchev–Trinajstić information content (AvgIpc) is 2.37. The van der Waals surface area contributed by atoms with Gasteiger partial charge in [0.2, 0.25) is 0 Å². The number of anilines is 1. The summed E-state index contributed by atoms with van der Waals surface area (Å²) >= 11 is 0. The van der Waals surface area contributed by atoms with Gasteiger partial charge in [0.25, 0.3) is 0 Å². The van der Waals surface area contributed by atoms with Gasteiger partial charge in [0.1, 0.15) is 5.82 Å². The van der Waals surface area contributed by atoms with Crippen LogP contribution in [0.3, 0.4) is 0 Å². The van der Waals surface area contributed by atoms with E-state index >= 15 is 0 Å². The summed E-state index contributed by atoms with van der Waals surface area (Å²) in [7, 11) is 0. The molecule has 1 atom stereocenters. The van der Waals surface area contributed by atoms with E-state index in [-0.39, 0.29) is 11.9 Å². The predicted octanol–water partition coefficient (Wildman–Crippen LogP) is 4.39. The van der Waals surface area contributed by atoms with Crippen molar-refractivity contribution in [2.24, 2.45) is 0 Å². The summed E-state index contributed by atoms with van der Waals surface area (Å²) in [5.74, 6) is -0.184. The Morgan fingerprint density at radius 2 is 1.82 bits per heavy atom. The first-order valence-corrected chi connectivity index (χ1v) is 5.86. The summed E-state index contributed by atoms with van der Waals surface area (Å²) in [6.45, 7) is 2.09. The van der Waals surface area contributed by atoms with Crippen LogP contribution < -0.4 is 5.32 Å². The minimum atomic E-state index is -0.184. The molecule has 2 rings (SSSR count). The SMILES string of the molecule is CCC(Nc1ccccc1)c1cccc(F)c1. The van der Waals surface area contributed by atoms with Crippen LogP contribution in [-0.2, 0) is 0 Å². The molecule has 88 valence electrons. The maximum Gasteiger partial charge on any atom is 0.123 e. The molecule has 0 aliphatic rings. The van der Waals surface area contributed by atoms with Crippen molar-refractivity contribution in [3.05, 3.63) is 66.0 Å². The highest BCUT2D eigenvalue weighted by molar-refractivity contribution is 5.45. The van der Waals surface area contributed by atoms with E-state index in [1.54, 1.807) is 12.1 Å². The van der Waals surface area contributed by atoms with Crippen LogP contribution in [0.2, 0.25) is 0 Å². The van der Waals surface area contributed by atoms with Gasteiger partial charge in [-0.1, -0.05) is 37.3 Å². The number of benzene rings is 2. The van der Waals surface area contributed by atoms with E-state index in [0.29, 0.717) is 0 Å². The average molecular weight is 229 g/mol. The zero-order chi connectivity index (χ0) is 12.1. The molecule has 1 unspecified atom stereocenters. The molecule has 0 aromatic heterocycles. The minimum Gasteiger partial charge on any atom is -0.378 e. The lowest BCUT2D eigenvalue weighted by Gasteiger charge is -2.18. The maximum atomic E-state index is 13.2. The van der Waals surface area contributed by atoms with Crippen molar-refractivity contribution in [1.29, 1.82) is 0 Å². The largest absolute Gasteiger partial charge is 0.378 e. The summed E-state index contributed by atoms with van der Waals surface area (Å²) in [6.07, 6.45) is 0.915. The fourth-order valence-electron chi connectivity index (χ4n) is 1.88. The Hall–Kier alpha value is -1.83. The number of nitrogens with one attached hydrogen (secondary N) is 1. The van der Waals surface area contributed by atoms with Gasteiger partial charge in [0, 0.05) is 5.69 Å². The third-order valence-electron chi connectivity index (χ3n) is 2.77. The first-order valence-electron chi connectivity index (χ1n) is 5.86. The fourth-order valence-corrected chi connectivity index (χ4v) is 1.88. The molecule has 2 aromatic rings. The molecule has 1 nitrogen and oxygen atoms in total. The molecule has 0 saturated carbocycles. The van der Waals surface area contributed by atoms with Crippen LogP contribution in [-0.4, -0.2) is 0 Å². The van der Waals surface area contributed by atoms with E-state index in [1.165, 1.54) is 6.07 Å². The first-order chi connectivity index (χ1) is 8.29. The highest BCUT2D eigenvalue weighted by Crippen LogP contribution is 2.22. The Labute approximate surface area is 101 Å². The topological polar surface area (TPSA) is 12.0 Å². The Bertz CT molecular complexity index is 467. The molecular formula is C15H16FN. The van der Waals surface area contributed by atoms with Crippen LogP contribution in [0.1, 0.15) is 24.9 Å². The van der Waals surface area contributed by atoms with Crippen LogP contribution in [0.5, 0.6) is 0 Å². The van der Waals surface area contributed by atoms with Gasteiger partial charge in [-0.2, -0.15) is 0 Å². The molecule has 0 aliphatic heterocycles. The Kier molecular flexibility index (Phi) is 3.76.